The number of esters is 2. The highest BCUT2D eigenvalue weighted by atomic mass is 16.6. The average Bonchev–Trinajstić information content (AvgIpc) is 3.23. The molecular weight excluding hydrogens is 775 g/mol. The Bertz CT molecular complexity index is 1420. The average molecular weight is 860 g/mol. The molecule has 348 valence electrons. The molecule has 8 heteroatoms. The monoisotopic (exact) mass is 860 g/mol. The zero-order chi connectivity index (χ0) is 45.6. The first kappa shape index (κ1) is 57.7. The second kappa shape index (κ2) is 43.4. The Balaban J connectivity index is 4.44. The third-order valence-electron chi connectivity index (χ3n) is 9.65. The lowest BCUT2D eigenvalue weighted by Crippen LogP contribution is -2.55. The molecule has 2 unspecified atom stereocenters. The Morgan fingerprint density at radius 1 is 0.500 bits per heavy atom. The van der Waals surface area contributed by atoms with Crippen molar-refractivity contribution in [1.29, 1.82) is 0 Å². The van der Waals surface area contributed by atoms with Crippen molar-refractivity contribution in [3.8, 4) is 0 Å². The third kappa shape index (κ3) is 41.1. The van der Waals surface area contributed by atoms with Crippen LogP contribution in [0.2, 0.25) is 0 Å². The summed E-state index contributed by atoms with van der Waals surface area (Å²) in [6.45, 7) is 4.32. The molecule has 0 rings (SSSR count). The van der Waals surface area contributed by atoms with Crippen LogP contribution >= 0.6 is 0 Å². The van der Waals surface area contributed by atoms with Gasteiger partial charge in [0, 0.05) is 19.3 Å². The zero-order valence-corrected chi connectivity index (χ0v) is 39.5. The number of allylic oxidation sites excluding steroid dienone is 20. The highest BCUT2D eigenvalue weighted by Crippen LogP contribution is 2.12. The first-order valence-electron chi connectivity index (χ1n) is 23.6. The van der Waals surface area contributed by atoms with E-state index in [9.17, 15) is 19.5 Å². The Morgan fingerprint density at radius 3 is 1.47 bits per heavy atom. The van der Waals surface area contributed by atoms with E-state index in [-0.39, 0.29) is 55.5 Å². The van der Waals surface area contributed by atoms with E-state index in [1.54, 1.807) is 21.1 Å². The molecule has 0 saturated carbocycles. The minimum atomic E-state index is -1.14. The lowest BCUT2D eigenvalue weighted by atomic mass is 10.1. The molecular formula is C54H85NO7. The van der Waals surface area contributed by atoms with Crippen LogP contribution in [-0.2, 0) is 28.6 Å². The predicted octanol–water partition coefficient (Wildman–Crippen LogP) is 12.1. The van der Waals surface area contributed by atoms with Crippen molar-refractivity contribution in [2.24, 2.45) is 0 Å². The molecule has 0 aromatic rings. The van der Waals surface area contributed by atoms with Crippen LogP contribution < -0.4 is 5.11 Å². The normalized spacial score (nSPS) is 14.0. The number of likely N-dealkylation sites (N-methyl/N-ethyl adjacent to an activating group) is 1. The molecule has 0 bridgehead atoms. The van der Waals surface area contributed by atoms with Gasteiger partial charge in [-0.2, -0.15) is 0 Å². The molecule has 0 fully saturated rings. The van der Waals surface area contributed by atoms with Crippen LogP contribution in [0.3, 0.4) is 0 Å². The number of nitrogens with zero attached hydrogens (tertiary/aromatic N) is 1. The van der Waals surface area contributed by atoms with Crippen molar-refractivity contribution in [2.75, 3.05) is 41.0 Å². The zero-order valence-electron chi connectivity index (χ0n) is 39.5. The van der Waals surface area contributed by atoms with Crippen LogP contribution in [0.1, 0.15) is 149 Å². The van der Waals surface area contributed by atoms with Gasteiger partial charge in [0.05, 0.1) is 40.3 Å². The number of carbonyl (C=O) groups is 3. The number of quaternary nitrogens is 1. The molecule has 0 aliphatic heterocycles. The van der Waals surface area contributed by atoms with Gasteiger partial charge in [-0.1, -0.05) is 167 Å². The topological polar surface area (TPSA) is 102 Å². The van der Waals surface area contributed by atoms with Crippen LogP contribution in [0.25, 0.3) is 0 Å². The maximum atomic E-state index is 12.7. The standard InChI is InChI=1S/C54H85NO7/c1-6-8-10-12-14-16-18-20-22-23-24-25-26-27-28-29-31-32-34-36-38-40-42-44-52(56)61-49-50(48-60-47-46-51(54(58)59)55(3,4)5)62-53(57)45-43-41-39-37-35-33-30-21-19-17-15-13-11-9-7-2/h8-11,13-17,19-20,22,24-25,27-28,31-32,36,38,50-51H,6-7,12,18,21,23,26,29-30,33-35,37,39-49H2,1-5H3/b10-8+,11-9+,15-13+,16-14+,19-17+,22-20+,25-24+,28-27+,32-31+,38-36+. The van der Waals surface area contributed by atoms with Crippen molar-refractivity contribution in [2.45, 2.75) is 161 Å². The lowest BCUT2D eigenvalue weighted by Gasteiger charge is -2.34. The Labute approximate surface area is 378 Å². The van der Waals surface area contributed by atoms with E-state index in [1.807, 2.05) is 0 Å². The molecule has 0 N–H and O–H groups in total. The smallest absolute Gasteiger partial charge is 0.306 e. The molecule has 62 heavy (non-hydrogen) atoms. The molecule has 0 aliphatic rings. The number of unbranched alkanes of at least 4 members (excludes halogenated alkanes) is 8. The number of aliphatic carboxylic acids is 1. The van der Waals surface area contributed by atoms with E-state index in [4.69, 9.17) is 14.2 Å². The SMILES string of the molecule is CC/C=C/C=C/C=C/CCCCCCCCCC(=O)OC(COCCC(C(=O)[O-])[N+](C)(C)C)COC(=O)CCC/C=C/C/C=C/C/C=C/C/C=C/C/C=C/C/C=C/C/C=C/CC. The van der Waals surface area contributed by atoms with Crippen molar-refractivity contribution in [1.82, 2.24) is 0 Å². The second-order valence-electron chi connectivity index (χ2n) is 16.3. The van der Waals surface area contributed by atoms with E-state index in [1.165, 1.54) is 19.3 Å². The molecule has 0 aliphatic carbocycles. The number of hydrogen-bond donors (Lipinski definition) is 0. The molecule has 2 atom stereocenters. The van der Waals surface area contributed by atoms with E-state index in [2.05, 4.69) is 135 Å². The van der Waals surface area contributed by atoms with Crippen molar-refractivity contribution in [3.05, 3.63) is 122 Å². The molecule has 8 nitrogen and oxygen atoms in total. The van der Waals surface area contributed by atoms with Gasteiger partial charge in [0.1, 0.15) is 12.6 Å². The van der Waals surface area contributed by atoms with Gasteiger partial charge < -0.3 is 28.6 Å². The number of hydrogen-bond acceptors (Lipinski definition) is 7. The number of carboxylic acids is 1. The lowest BCUT2D eigenvalue weighted by molar-refractivity contribution is -0.889. The second-order valence-corrected chi connectivity index (χ2v) is 16.3. The van der Waals surface area contributed by atoms with Crippen LogP contribution in [0.15, 0.2) is 122 Å². The van der Waals surface area contributed by atoms with Gasteiger partial charge in [0.25, 0.3) is 0 Å². The van der Waals surface area contributed by atoms with Crippen LogP contribution in [0.5, 0.6) is 0 Å². The van der Waals surface area contributed by atoms with E-state index >= 15 is 0 Å². The summed E-state index contributed by atoms with van der Waals surface area (Å²) in [5.74, 6) is -1.85. The van der Waals surface area contributed by atoms with Gasteiger partial charge in [-0.15, -0.1) is 0 Å². The largest absolute Gasteiger partial charge is 0.544 e. The van der Waals surface area contributed by atoms with E-state index in [0.717, 1.165) is 89.9 Å². The molecule has 0 heterocycles. The van der Waals surface area contributed by atoms with Crippen molar-refractivity contribution >= 4 is 17.9 Å². The van der Waals surface area contributed by atoms with Gasteiger partial charge in [0.2, 0.25) is 0 Å². The summed E-state index contributed by atoms with van der Waals surface area (Å²) in [6.07, 6.45) is 60.9. The third-order valence-corrected chi connectivity index (χ3v) is 9.65. The van der Waals surface area contributed by atoms with Crippen LogP contribution in [0.4, 0.5) is 0 Å². The van der Waals surface area contributed by atoms with Gasteiger partial charge in [-0.25, -0.2) is 0 Å². The quantitative estimate of drug-likeness (QED) is 0.0199. The summed E-state index contributed by atoms with van der Waals surface area (Å²) in [5, 5.41) is 11.6. The summed E-state index contributed by atoms with van der Waals surface area (Å²) in [5.41, 5.74) is 0. The number of ether oxygens (including phenoxy) is 3. The van der Waals surface area contributed by atoms with Gasteiger partial charge in [-0.05, 0) is 83.5 Å². The van der Waals surface area contributed by atoms with Gasteiger partial charge >= 0.3 is 11.9 Å². The highest BCUT2D eigenvalue weighted by Gasteiger charge is 2.25. The van der Waals surface area contributed by atoms with Crippen LogP contribution in [-0.4, -0.2) is 75.5 Å². The molecule has 0 spiro atoms. The van der Waals surface area contributed by atoms with Crippen molar-refractivity contribution < 1.29 is 38.2 Å². The molecule has 0 aromatic heterocycles. The summed E-state index contributed by atoms with van der Waals surface area (Å²) in [4.78, 5) is 36.9. The fourth-order valence-electron chi connectivity index (χ4n) is 6.06. The summed E-state index contributed by atoms with van der Waals surface area (Å²) >= 11 is 0. The van der Waals surface area contributed by atoms with Gasteiger partial charge in [0.15, 0.2) is 6.10 Å². The number of rotatable bonds is 40. The molecule has 0 saturated heterocycles. The minimum absolute atomic E-state index is 0.00858. The predicted molar refractivity (Wildman–Crippen MR) is 258 cm³/mol. The minimum Gasteiger partial charge on any atom is -0.544 e. The van der Waals surface area contributed by atoms with E-state index in [0.29, 0.717) is 6.42 Å². The molecule has 0 radical (unpaired) electrons. The Kier molecular flexibility index (Phi) is 40.4. The first-order valence-corrected chi connectivity index (χ1v) is 23.6. The first-order chi connectivity index (χ1) is 30.1. The van der Waals surface area contributed by atoms with Gasteiger partial charge in [-0.3, -0.25) is 9.59 Å². The fourth-order valence-corrected chi connectivity index (χ4v) is 6.06. The molecule has 0 aromatic carbocycles. The number of carbonyl (C=O) groups excluding carboxylic acids is 3. The van der Waals surface area contributed by atoms with E-state index < -0.39 is 18.1 Å². The fraction of sp³-hybridized carbons (Fsp3) is 0.574. The Morgan fingerprint density at radius 2 is 0.952 bits per heavy atom. The summed E-state index contributed by atoms with van der Waals surface area (Å²) in [7, 11) is 5.37. The Hall–Kier alpha value is -4.27. The van der Waals surface area contributed by atoms with Crippen molar-refractivity contribution in [3.63, 3.8) is 0 Å². The maximum Gasteiger partial charge on any atom is 0.306 e. The summed E-state index contributed by atoms with van der Waals surface area (Å²) < 4.78 is 17.1. The maximum absolute atomic E-state index is 12.7. The highest BCUT2D eigenvalue weighted by molar-refractivity contribution is 5.70. The van der Waals surface area contributed by atoms with Crippen LogP contribution in [0, 0.1) is 0 Å². The molecule has 0 amide bonds. The summed E-state index contributed by atoms with van der Waals surface area (Å²) in [6, 6.07) is -0.745. The number of carboxylic acid groups (broad SMARTS) is 1.